The van der Waals surface area contributed by atoms with E-state index < -0.39 is 5.95 Å². The zero-order chi connectivity index (χ0) is 13.8. The number of aromatic nitrogens is 2. The normalized spacial score (nSPS) is 10.1. The SMILES string of the molecule is CC(=O)N(c1ccnc(F)c1)c1cc(N[O-])ccn1. The van der Waals surface area contributed by atoms with Crippen molar-refractivity contribution in [1.82, 2.24) is 9.97 Å². The summed E-state index contributed by atoms with van der Waals surface area (Å²) in [6.45, 7) is 1.32. The molecule has 0 unspecified atom stereocenters. The molecule has 2 rings (SSSR count). The molecule has 1 N–H and O–H groups in total. The van der Waals surface area contributed by atoms with E-state index in [0.717, 1.165) is 6.07 Å². The predicted molar refractivity (Wildman–Crippen MR) is 68.2 cm³/mol. The number of rotatable bonds is 3. The molecular weight excluding hydrogens is 251 g/mol. The van der Waals surface area contributed by atoms with Crippen LogP contribution in [0, 0.1) is 11.2 Å². The van der Waals surface area contributed by atoms with Gasteiger partial charge in [0, 0.05) is 37.1 Å². The van der Waals surface area contributed by atoms with Gasteiger partial charge in [-0.3, -0.25) is 9.69 Å². The summed E-state index contributed by atoms with van der Waals surface area (Å²) in [5.74, 6) is -0.845. The fraction of sp³-hybridized carbons (Fsp3) is 0.0833. The van der Waals surface area contributed by atoms with Crippen LogP contribution in [0.3, 0.4) is 0 Å². The summed E-state index contributed by atoms with van der Waals surface area (Å²) < 4.78 is 13.1. The van der Waals surface area contributed by atoms with Crippen molar-refractivity contribution in [1.29, 1.82) is 0 Å². The Hall–Kier alpha value is -2.54. The molecule has 0 aliphatic rings. The number of carbonyl (C=O) groups is 1. The molecule has 2 aromatic heterocycles. The van der Waals surface area contributed by atoms with E-state index in [9.17, 15) is 14.4 Å². The van der Waals surface area contributed by atoms with E-state index in [-0.39, 0.29) is 23.1 Å². The lowest BCUT2D eigenvalue weighted by Gasteiger charge is -2.21. The van der Waals surface area contributed by atoms with Crippen molar-refractivity contribution >= 4 is 23.1 Å². The van der Waals surface area contributed by atoms with Crippen LogP contribution in [0.2, 0.25) is 0 Å². The summed E-state index contributed by atoms with van der Waals surface area (Å²) in [6.07, 6.45) is 2.62. The third kappa shape index (κ3) is 2.83. The Morgan fingerprint density at radius 3 is 2.68 bits per heavy atom. The van der Waals surface area contributed by atoms with E-state index in [4.69, 9.17) is 0 Å². The van der Waals surface area contributed by atoms with Gasteiger partial charge in [-0.05, 0) is 12.1 Å². The average molecular weight is 261 g/mol. The van der Waals surface area contributed by atoms with Gasteiger partial charge in [-0.2, -0.15) is 4.39 Å². The minimum absolute atomic E-state index is 0.221. The highest BCUT2D eigenvalue weighted by molar-refractivity contribution is 5.98. The molecule has 7 heteroatoms. The minimum Gasteiger partial charge on any atom is -0.761 e. The average Bonchev–Trinajstić information content (AvgIpc) is 2.39. The highest BCUT2D eigenvalue weighted by Crippen LogP contribution is 2.25. The second-order valence-corrected chi connectivity index (χ2v) is 3.70. The molecule has 0 fully saturated rings. The summed E-state index contributed by atoms with van der Waals surface area (Å²) in [4.78, 5) is 20.3. The number of hydrogen-bond donors (Lipinski definition) is 1. The van der Waals surface area contributed by atoms with Gasteiger partial charge in [0.15, 0.2) is 0 Å². The summed E-state index contributed by atoms with van der Waals surface area (Å²) in [5.41, 5.74) is 2.25. The van der Waals surface area contributed by atoms with Crippen LogP contribution in [0.25, 0.3) is 0 Å². The third-order valence-electron chi connectivity index (χ3n) is 2.38. The molecule has 0 atom stereocenters. The Labute approximate surface area is 108 Å². The van der Waals surface area contributed by atoms with E-state index in [1.54, 1.807) is 5.48 Å². The molecule has 6 nitrogen and oxygen atoms in total. The van der Waals surface area contributed by atoms with Gasteiger partial charge in [0.25, 0.3) is 0 Å². The molecule has 2 aromatic rings. The van der Waals surface area contributed by atoms with Crippen LogP contribution >= 0.6 is 0 Å². The van der Waals surface area contributed by atoms with Crippen molar-refractivity contribution in [3.8, 4) is 0 Å². The van der Waals surface area contributed by atoms with Crippen LogP contribution < -0.4 is 10.4 Å². The molecule has 19 heavy (non-hydrogen) atoms. The molecule has 0 aromatic carbocycles. The molecule has 0 radical (unpaired) electrons. The van der Waals surface area contributed by atoms with Crippen LogP contribution in [0.4, 0.5) is 21.6 Å². The first-order valence-electron chi connectivity index (χ1n) is 5.38. The van der Waals surface area contributed by atoms with Gasteiger partial charge < -0.3 is 10.7 Å². The second kappa shape index (κ2) is 5.40. The number of nitrogens with one attached hydrogen (secondary N) is 1. The first-order chi connectivity index (χ1) is 9.11. The number of nitrogens with zero attached hydrogens (tertiary/aromatic N) is 3. The molecule has 98 valence electrons. The Bertz CT molecular complexity index is 606. The molecule has 0 aliphatic heterocycles. The number of pyridine rings is 2. The highest BCUT2D eigenvalue weighted by Gasteiger charge is 2.16. The molecule has 1 amide bonds. The van der Waals surface area contributed by atoms with Gasteiger partial charge in [0.1, 0.15) is 5.82 Å². The fourth-order valence-electron chi connectivity index (χ4n) is 1.61. The van der Waals surface area contributed by atoms with Crippen LogP contribution in [-0.4, -0.2) is 15.9 Å². The lowest BCUT2D eigenvalue weighted by molar-refractivity contribution is -0.115. The summed E-state index contributed by atoms with van der Waals surface area (Å²) in [6, 6.07) is 5.44. The van der Waals surface area contributed by atoms with Crippen LogP contribution in [-0.2, 0) is 4.79 Å². The standard InChI is InChI=1S/C12H10FN4O2/c1-8(18)17(10-3-5-14-11(13)7-10)12-6-9(16-19)2-4-15-12/h2-7H,1H3,(H-,15,16,19)/q-1. The van der Waals surface area contributed by atoms with E-state index in [2.05, 4.69) is 9.97 Å². The zero-order valence-electron chi connectivity index (χ0n) is 10.0. The molecule has 0 bridgehead atoms. The molecule has 0 aliphatic carbocycles. The number of halogens is 1. The fourth-order valence-corrected chi connectivity index (χ4v) is 1.61. The van der Waals surface area contributed by atoms with Crippen molar-refractivity contribution in [2.45, 2.75) is 6.92 Å². The zero-order valence-corrected chi connectivity index (χ0v) is 10.0. The minimum atomic E-state index is -0.707. The summed E-state index contributed by atoms with van der Waals surface area (Å²) in [7, 11) is 0. The lowest BCUT2D eigenvalue weighted by Crippen LogP contribution is -2.24. The first-order valence-corrected chi connectivity index (χ1v) is 5.38. The topological polar surface area (TPSA) is 81.2 Å². The van der Waals surface area contributed by atoms with Crippen molar-refractivity contribution in [2.24, 2.45) is 0 Å². The van der Waals surface area contributed by atoms with Gasteiger partial charge >= 0.3 is 0 Å². The monoisotopic (exact) mass is 261 g/mol. The Morgan fingerprint density at radius 2 is 2.05 bits per heavy atom. The molecule has 2 heterocycles. The van der Waals surface area contributed by atoms with Crippen LogP contribution in [0.5, 0.6) is 0 Å². The smallest absolute Gasteiger partial charge is 0.229 e. The van der Waals surface area contributed by atoms with Crippen molar-refractivity contribution < 1.29 is 9.18 Å². The maximum Gasteiger partial charge on any atom is 0.229 e. The lowest BCUT2D eigenvalue weighted by atomic mass is 10.3. The number of hydrogen-bond acceptors (Lipinski definition) is 5. The second-order valence-electron chi connectivity index (χ2n) is 3.70. The quantitative estimate of drug-likeness (QED) is 0.676. The number of carbonyl (C=O) groups excluding carboxylic acids is 1. The highest BCUT2D eigenvalue weighted by atomic mass is 19.1. The van der Waals surface area contributed by atoms with Gasteiger partial charge in [0.05, 0.1) is 5.69 Å². The maximum absolute atomic E-state index is 13.1. The summed E-state index contributed by atoms with van der Waals surface area (Å²) in [5, 5.41) is 10.6. The van der Waals surface area contributed by atoms with E-state index >= 15 is 0 Å². The Morgan fingerprint density at radius 1 is 1.32 bits per heavy atom. The first kappa shape index (κ1) is 12.9. The van der Waals surface area contributed by atoms with E-state index in [1.807, 2.05) is 0 Å². The van der Waals surface area contributed by atoms with Gasteiger partial charge in [0.2, 0.25) is 11.9 Å². The predicted octanol–water partition coefficient (Wildman–Crippen LogP) is 2.21. The van der Waals surface area contributed by atoms with Gasteiger partial charge in [-0.15, -0.1) is 0 Å². The largest absolute Gasteiger partial charge is 0.761 e. The summed E-state index contributed by atoms with van der Waals surface area (Å²) >= 11 is 0. The Balaban J connectivity index is 2.48. The van der Waals surface area contributed by atoms with E-state index in [0.29, 0.717) is 0 Å². The van der Waals surface area contributed by atoms with E-state index in [1.165, 1.54) is 42.4 Å². The molecular formula is C12H10FN4O2-. The Kier molecular flexibility index (Phi) is 3.67. The number of anilines is 3. The molecule has 0 spiro atoms. The molecule has 0 saturated heterocycles. The van der Waals surface area contributed by atoms with Crippen molar-refractivity contribution in [2.75, 3.05) is 10.4 Å². The maximum atomic E-state index is 13.1. The van der Waals surface area contributed by atoms with Crippen LogP contribution in [0.1, 0.15) is 6.92 Å². The van der Waals surface area contributed by atoms with Crippen LogP contribution in [0.15, 0.2) is 36.7 Å². The van der Waals surface area contributed by atoms with Gasteiger partial charge in [-0.25, -0.2) is 9.97 Å². The molecule has 0 saturated carbocycles. The third-order valence-corrected chi connectivity index (χ3v) is 2.38. The van der Waals surface area contributed by atoms with Gasteiger partial charge in [-0.1, -0.05) is 0 Å². The number of amides is 1. The van der Waals surface area contributed by atoms with Crippen molar-refractivity contribution in [3.05, 3.63) is 47.8 Å². The van der Waals surface area contributed by atoms with Crippen molar-refractivity contribution in [3.63, 3.8) is 0 Å².